The van der Waals surface area contributed by atoms with E-state index in [1.54, 1.807) is 4.90 Å². The van der Waals surface area contributed by atoms with Crippen molar-refractivity contribution in [2.75, 3.05) is 4.90 Å². The number of carbonyl (C=O) groups is 3. The minimum Gasteiger partial charge on any atom is -0.359 e. The molecule has 0 aliphatic carbocycles. The Hall–Kier alpha value is -4.65. The van der Waals surface area contributed by atoms with Gasteiger partial charge in [0.2, 0.25) is 11.8 Å². The second kappa shape index (κ2) is 7.74. The maximum Gasteiger partial charge on any atom is 0.270 e. The number of halogens is 1. The van der Waals surface area contributed by atoms with Crippen LogP contribution < -0.4 is 4.90 Å². The Kier molecular flexibility index (Phi) is 4.83. The molecule has 0 N–H and O–H groups in total. The van der Waals surface area contributed by atoms with Crippen molar-refractivity contribution in [3.05, 3.63) is 94.0 Å². The number of allylic oxidation sites excluding steroid dienone is 2. The number of amides is 2. The van der Waals surface area contributed by atoms with E-state index in [9.17, 15) is 34.2 Å². The lowest BCUT2D eigenvalue weighted by Gasteiger charge is -2.32. The van der Waals surface area contributed by atoms with Crippen molar-refractivity contribution < 1.29 is 23.7 Å². The van der Waals surface area contributed by atoms with Gasteiger partial charge in [-0.3, -0.25) is 24.5 Å². The van der Waals surface area contributed by atoms with Crippen LogP contribution in [0.15, 0.2) is 72.5 Å². The topological polar surface area (TPSA) is 125 Å². The Balaban J connectivity index is 1.60. The predicted octanol–water partition coefficient (Wildman–Crippen LogP) is 2.75. The monoisotopic (exact) mass is 458 g/mol. The number of benzene rings is 2. The molecule has 2 amide bonds. The van der Waals surface area contributed by atoms with Crippen LogP contribution in [0.4, 0.5) is 15.8 Å². The van der Waals surface area contributed by atoms with Crippen LogP contribution in [0.2, 0.25) is 0 Å². The molecule has 0 saturated carbocycles. The van der Waals surface area contributed by atoms with Crippen LogP contribution in [-0.2, 0) is 9.59 Å². The summed E-state index contributed by atoms with van der Waals surface area (Å²) in [5.74, 6) is -4.32. The summed E-state index contributed by atoms with van der Waals surface area (Å²) in [7, 11) is 0. The normalized spacial score (nSPS) is 25.0. The molecule has 2 aromatic rings. The van der Waals surface area contributed by atoms with Gasteiger partial charge in [-0.25, -0.2) is 9.29 Å². The number of Topliss-reactive ketones (excluding diaryl/α,β-unsaturated/α-hetero) is 1. The molecule has 4 atom stereocenters. The third kappa shape index (κ3) is 3.09. The van der Waals surface area contributed by atoms with E-state index in [0.717, 1.165) is 23.1 Å². The van der Waals surface area contributed by atoms with Gasteiger partial charge in [-0.2, -0.15) is 5.26 Å². The Morgan fingerprint density at radius 3 is 2.47 bits per heavy atom. The van der Waals surface area contributed by atoms with Crippen molar-refractivity contribution in [1.82, 2.24) is 4.90 Å². The molecule has 5 rings (SSSR count). The molecule has 2 aromatic carbocycles. The highest BCUT2D eigenvalue weighted by atomic mass is 19.1. The molecule has 3 heterocycles. The molecular weight excluding hydrogens is 443 g/mol. The number of nitro benzene ring substituents is 1. The van der Waals surface area contributed by atoms with Crippen LogP contribution >= 0.6 is 0 Å². The van der Waals surface area contributed by atoms with Crippen molar-refractivity contribution in [3.63, 3.8) is 0 Å². The highest BCUT2D eigenvalue weighted by Crippen LogP contribution is 2.47. The molecule has 0 radical (unpaired) electrons. The number of imide groups is 1. The molecule has 2 fully saturated rings. The average molecular weight is 458 g/mol. The van der Waals surface area contributed by atoms with Crippen LogP contribution in [0.1, 0.15) is 10.4 Å². The third-order valence-electron chi connectivity index (χ3n) is 6.37. The number of nitriles is 1. The van der Waals surface area contributed by atoms with Crippen molar-refractivity contribution in [2.45, 2.75) is 12.1 Å². The molecule has 2 saturated heterocycles. The van der Waals surface area contributed by atoms with Crippen molar-refractivity contribution >= 4 is 29.0 Å². The second-order valence-electron chi connectivity index (χ2n) is 8.14. The maximum absolute atomic E-state index is 13.6. The van der Waals surface area contributed by atoms with E-state index in [0.29, 0.717) is 0 Å². The van der Waals surface area contributed by atoms with Crippen molar-refractivity contribution in [3.8, 4) is 6.07 Å². The molecule has 9 nitrogen and oxygen atoms in total. The number of rotatable bonds is 4. The van der Waals surface area contributed by atoms with Crippen LogP contribution in [0.3, 0.4) is 0 Å². The number of nitro groups is 1. The van der Waals surface area contributed by atoms with Crippen LogP contribution in [0.25, 0.3) is 0 Å². The largest absolute Gasteiger partial charge is 0.359 e. The molecule has 168 valence electrons. The quantitative estimate of drug-likeness (QED) is 0.299. The standard InChI is InChI=1S/C24H15FN4O5/c25-15-4-6-16(7-5-15)28-23(31)19-18-10-13(12-26)8-9-27(18)21(20(19)24(28)32)22(30)14-2-1-3-17(11-14)29(33)34/h1-11,18-21H/t18-,19-,20+,21+/m1/s1. The van der Waals surface area contributed by atoms with Gasteiger partial charge in [-0.1, -0.05) is 12.1 Å². The Morgan fingerprint density at radius 2 is 1.79 bits per heavy atom. The third-order valence-corrected chi connectivity index (χ3v) is 6.37. The first-order valence-corrected chi connectivity index (χ1v) is 10.3. The maximum atomic E-state index is 13.6. The number of hydrogen-bond acceptors (Lipinski definition) is 7. The summed E-state index contributed by atoms with van der Waals surface area (Å²) in [6, 6.07) is 10.2. The number of carbonyl (C=O) groups excluding carboxylic acids is 3. The summed E-state index contributed by atoms with van der Waals surface area (Å²) in [6.07, 6.45) is 4.53. The predicted molar refractivity (Wildman–Crippen MR) is 116 cm³/mol. The number of fused-ring (bicyclic) bond motifs is 3. The fraction of sp³-hybridized carbons (Fsp3) is 0.167. The molecule has 34 heavy (non-hydrogen) atoms. The summed E-state index contributed by atoms with van der Waals surface area (Å²) < 4.78 is 13.4. The molecule has 10 heteroatoms. The Bertz CT molecular complexity index is 1360. The summed E-state index contributed by atoms with van der Waals surface area (Å²) in [4.78, 5) is 53.6. The lowest BCUT2D eigenvalue weighted by atomic mass is 9.86. The van der Waals surface area contributed by atoms with E-state index in [-0.39, 0.29) is 22.5 Å². The first-order chi connectivity index (χ1) is 16.3. The number of anilines is 1. The first kappa shape index (κ1) is 21.2. The Labute approximate surface area is 192 Å². The number of nitrogens with zero attached hydrogens (tertiary/aromatic N) is 4. The molecule has 0 spiro atoms. The average Bonchev–Trinajstić information content (AvgIpc) is 3.31. The van der Waals surface area contributed by atoms with E-state index < -0.39 is 52.3 Å². The minimum absolute atomic E-state index is 0.0301. The lowest BCUT2D eigenvalue weighted by Crippen LogP contribution is -2.46. The van der Waals surface area contributed by atoms with Gasteiger partial charge in [-0.05, 0) is 36.4 Å². The zero-order valence-electron chi connectivity index (χ0n) is 17.4. The van der Waals surface area contributed by atoms with Crippen molar-refractivity contribution in [1.29, 1.82) is 5.26 Å². The van der Waals surface area contributed by atoms with E-state index >= 15 is 0 Å². The zero-order chi connectivity index (χ0) is 24.1. The smallest absolute Gasteiger partial charge is 0.270 e. The second-order valence-corrected chi connectivity index (χ2v) is 8.14. The number of hydrogen-bond donors (Lipinski definition) is 0. The van der Waals surface area contributed by atoms with E-state index in [2.05, 4.69) is 0 Å². The van der Waals surface area contributed by atoms with E-state index in [4.69, 9.17) is 0 Å². The first-order valence-electron chi connectivity index (χ1n) is 10.3. The minimum atomic E-state index is -1.12. The fourth-order valence-corrected chi connectivity index (χ4v) is 4.91. The van der Waals surface area contributed by atoms with E-state index in [1.165, 1.54) is 48.7 Å². The van der Waals surface area contributed by atoms with Crippen LogP contribution in [0.5, 0.6) is 0 Å². The van der Waals surface area contributed by atoms with Gasteiger partial charge in [0.05, 0.1) is 40.1 Å². The number of non-ortho nitro benzene ring substituents is 1. The zero-order valence-corrected chi connectivity index (χ0v) is 17.4. The van der Waals surface area contributed by atoms with Crippen LogP contribution in [0, 0.1) is 39.1 Å². The highest BCUT2D eigenvalue weighted by molar-refractivity contribution is 6.24. The highest BCUT2D eigenvalue weighted by Gasteiger charge is 2.63. The van der Waals surface area contributed by atoms with Crippen LogP contribution in [-0.4, -0.2) is 39.5 Å². The Morgan fingerprint density at radius 1 is 1.09 bits per heavy atom. The van der Waals surface area contributed by atoms with Gasteiger partial charge in [0.1, 0.15) is 11.9 Å². The molecule has 3 aliphatic heterocycles. The van der Waals surface area contributed by atoms with Gasteiger partial charge in [0, 0.05) is 23.9 Å². The molecule has 0 aromatic heterocycles. The summed E-state index contributed by atoms with van der Waals surface area (Å²) in [6.45, 7) is 0. The molecule has 3 aliphatic rings. The van der Waals surface area contributed by atoms with Gasteiger partial charge in [0.15, 0.2) is 5.78 Å². The molecule has 0 bridgehead atoms. The van der Waals surface area contributed by atoms with Gasteiger partial charge >= 0.3 is 0 Å². The SMILES string of the molecule is N#CC1=C[C@@H]2[C@H]3C(=O)N(c4ccc(F)cc4)C(=O)[C@@H]3[C@@H](C(=O)c3cccc([N+](=O)[O-])c3)N2C=C1. The summed E-state index contributed by atoms with van der Waals surface area (Å²) in [5.41, 5.74) is 0.209. The summed E-state index contributed by atoms with van der Waals surface area (Å²) >= 11 is 0. The molecular formula is C24H15FN4O5. The number of ketones is 1. The molecule has 0 unspecified atom stereocenters. The van der Waals surface area contributed by atoms with Crippen molar-refractivity contribution in [2.24, 2.45) is 11.8 Å². The van der Waals surface area contributed by atoms with Gasteiger partial charge in [-0.15, -0.1) is 0 Å². The lowest BCUT2D eigenvalue weighted by molar-refractivity contribution is -0.384. The van der Waals surface area contributed by atoms with Gasteiger partial charge < -0.3 is 4.90 Å². The van der Waals surface area contributed by atoms with E-state index in [1.807, 2.05) is 6.07 Å². The summed E-state index contributed by atoms with van der Waals surface area (Å²) in [5, 5.41) is 20.5. The fourth-order valence-electron chi connectivity index (χ4n) is 4.91. The van der Waals surface area contributed by atoms with Gasteiger partial charge in [0.25, 0.3) is 5.69 Å².